The molecular formula is C16H19N3OS. The number of nitrogens with zero attached hydrogens (tertiary/aromatic N) is 1. The van der Waals surface area contributed by atoms with Crippen LogP contribution in [-0.2, 0) is 19.3 Å². The average molecular weight is 301 g/mol. The van der Waals surface area contributed by atoms with E-state index in [1.165, 1.54) is 27.3 Å². The zero-order chi connectivity index (χ0) is 14.8. The van der Waals surface area contributed by atoms with E-state index in [2.05, 4.69) is 34.7 Å². The highest BCUT2D eigenvalue weighted by Gasteiger charge is 2.22. The second kappa shape index (κ2) is 5.85. The smallest absolute Gasteiger partial charge is 0.321 e. The topological polar surface area (TPSA) is 54.0 Å². The summed E-state index contributed by atoms with van der Waals surface area (Å²) >= 11 is 1.53. The number of carbonyl (C=O) groups excluding carboxylic acids is 1. The van der Waals surface area contributed by atoms with E-state index in [4.69, 9.17) is 0 Å². The first kappa shape index (κ1) is 14.1. The molecule has 0 saturated heterocycles. The summed E-state index contributed by atoms with van der Waals surface area (Å²) in [5.74, 6) is 0. The van der Waals surface area contributed by atoms with Crippen LogP contribution in [0.5, 0.6) is 0 Å². The summed E-state index contributed by atoms with van der Waals surface area (Å²) in [5.41, 5.74) is 3.73. The summed E-state index contributed by atoms with van der Waals surface area (Å²) in [7, 11) is 0. The molecule has 3 rings (SSSR count). The molecule has 0 radical (unpaired) electrons. The number of aromatic nitrogens is 1. The van der Waals surface area contributed by atoms with E-state index in [1.807, 2.05) is 19.1 Å². The van der Waals surface area contributed by atoms with E-state index in [9.17, 15) is 4.79 Å². The molecule has 1 aromatic heterocycles. The summed E-state index contributed by atoms with van der Waals surface area (Å²) in [6.45, 7) is 4.11. The monoisotopic (exact) mass is 301 g/mol. The average Bonchev–Trinajstić information content (AvgIpc) is 3.00. The first-order valence-corrected chi connectivity index (χ1v) is 8.08. The van der Waals surface area contributed by atoms with Crippen LogP contribution in [0.25, 0.3) is 0 Å². The van der Waals surface area contributed by atoms with Gasteiger partial charge >= 0.3 is 6.03 Å². The maximum Gasteiger partial charge on any atom is 0.321 e. The third-order valence-electron chi connectivity index (χ3n) is 3.83. The van der Waals surface area contributed by atoms with Crippen molar-refractivity contribution in [2.24, 2.45) is 0 Å². The van der Waals surface area contributed by atoms with Crippen LogP contribution in [0.15, 0.2) is 24.3 Å². The molecule has 0 unspecified atom stereocenters. The minimum atomic E-state index is -0.163. The molecule has 0 spiro atoms. The number of aryl methyl sites for hydroxylation is 2. The van der Waals surface area contributed by atoms with Gasteiger partial charge in [-0.2, -0.15) is 0 Å². The Morgan fingerprint density at radius 1 is 1.33 bits per heavy atom. The molecule has 0 saturated carbocycles. The first-order valence-electron chi connectivity index (χ1n) is 7.26. The van der Waals surface area contributed by atoms with E-state index in [0.717, 1.165) is 25.0 Å². The van der Waals surface area contributed by atoms with Gasteiger partial charge in [0.15, 0.2) is 5.13 Å². The fraction of sp³-hybridized carbons (Fsp3) is 0.375. The highest BCUT2D eigenvalue weighted by molar-refractivity contribution is 7.15. The lowest BCUT2D eigenvalue weighted by Gasteiger charge is -2.11. The molecule has 1 aliphatic rings. The van der Waals surface area contributed by atoms with Crippen LogP contribution in [0.2, 0.25) is 0 Å². The molecule has 5 heteroatoms. The quantitative estimate of drug-likeness (QED) is 0.914. The normalized spacial score (nSPS) is 14.0. The van der Waals surface area contributed by atoms with E-state index in [1.54, 1.807) is 0 Å². The van der Waals surface area contributed by atoms with Crippen molar-refractivity contribution >= 4 is 22.5 Å². The highest BCUT2D eigenvalue weighted by atomic mass is 32.1. The van der Waals surface area contributed by atoms with Crippen molar-refractivity contribution in [3.63, 3.8) is 0 Å². The third-order valence-corrected chi connectivity index (χ3v) is 4.76. The summed E-state index contributed by atoms with van der Waals surface area (Å²) in [6, 6.07) is 8.37. The standard InChI is InChI=1S/C16H19N3OS/c1-3-14-10(2)21-16(18-14)19-15(20)17-13-8-11-6-4-5-7-12(11)9-13/h4-7,13H,3,8-9H2,1-2H3,(H2,17,18,19,20). The van der Waals surface area contributed by atoms with Crippen LogP contribution in [-0.4, -0.2) is 17.1 Å². The van der Waals surface area contributed by atoms with Gasteiger partial charge in [0.2, 0.25) is 0 Å². The van der Waals surface area contributed by atoms with Crippen LogP contribution >= 0.6 is 11.3 Å². The number of benzene rings is 1. The summed E-state index contributed by atoms with van der Waals surface area (Å²) < 4.78 is 0. The zero-order valence-electron chi connectivity index (χ0n) is 12.3. The van der Waals surface area contributed by atoms with Crippen molar-refractivity contribution in [1.29, 1.82) is 0 Å². The van der Waals surface area contributed by atoms with E-state index in [-0.39, 0.29) is 12.1 Å². The number of thiazole rings is 1. The molecule has 0 fully saturated rings. The van der Waals surface area contributed by atoms with E-state index in [0.29, 0.717) is 5.13 Å². The van der Waals surface area contributed by atoms with Gasteiger partial charge in [0.1, 0.15) is 0 Å². The molecule has 4 nitrogen and oxygen atoms in total. The molecular weight excluding hydrogens is 282 g/mol. The maximum atomic E-state index is 12.1. The predicted octanol–water partition coefficient (Wildman–Crippen LogP) is 3.30. The fourth-order valence-electron chi connectivity index (χ4n) is 2.79. The van der Waals surface area contributed by atoms with Gasteiger partial charge in [0.25, 0.3) is 0 Å². The van der Waals surface area contributed by atoms with Gasteiger partial charge in [-0.3, -0.25) is 5.32 Å². The van der Waals surface area contributed by atoms with Crippen LogP contribution in [0.3, 0.4) is 0 Å². The molecule has 2 aromatic rings. The van der Waals surface area contributed by atoms with Gasteiger partial charge in [0.05, 0.1) is 5.69 Å². The van der Waals surface area contributed by atoms with E-state index < -0.39 is 0 Å². The van der Waals surface area contributed by atoms with Crippen molar-refractivity contribution in [2.75, 3.05) is 5.32 Å². The highest BCUT2D eigenvalue weighted by Crippen LogP contribution is 2.23. The van der Waals surface area contributed by atoms with Crippen molar-refractivity contribution in [3.05, 3.63) is 46.0 Å². The molecule has 2 amide bonds. The van der Waals surface area contributed by atoms with Crippen molar-refractivity contribution in [2.45, 2.75) is 39.2 Å². The Bertz CT molecular complexity index is 640. The molecule has 110 valence electrons. The number of hydrogen-bond donors (Lipinski definition) is 2. The van der Waals surface area contributed by atoms with Crippen molar-refractivity contribution in [3.8, 4) is 0 Å². The van der Waals surface area contributed by atoms with Gasteiger partial charge in [-0.15, -0.1) is 11.3 Å². The van der Waals surface area contributed by atoms with Gasteiger partial charge < -0.3 is 5.32 Å². The van der Waals surface area contributed by atoms with Gasteiger partial charge in [0, 0.05) is 10.9 Å². The fourth-order valence-corrected chi connectivity index (χ4v) is 3.69. The molecule has 0 atom stereocenters. The largest absolute Gasteiger partial charge is 0.334 e. The Labute approximate surface area is 128 Å². The lowest BCUT2D eigenvalue weighted by molar-refractivity contribution is 0.249. The minimum absolute atomic E-state index is 0.163. The lowest BCUT2D eigenvalue weighted by atomic mass is 10.1. The van der Waals surface area contributed by atoms with E-state index >= 15 is 0 Å². The Morgan fingerprint density at radius 2 is 2.00 bits per heavy atom. The summed E-state index contributed by atoms with van der Waals surface area (Å²) in [6.07, 6.45) is 2.70. The molecule has 21 heavy (non-hydrogen) atoms. The van der Waals surface area contributed by atoms with Crippen molar-refractivity contribution < 1.29 is 4.79 Å². The molecule has 0 bridgehead atoms. The Kier molecular flexibility index (Phi) is 3.92. The molecule has 1 aliphatic carbocycles. The van der Waals surface area contributed by atoms with Gasteiger partial charge in [-0.25, -0.2) is 9.78 Å². The Hall–Kier alpha value is -1.88. The van der Waals surface area contributed by atoms with Gasteiger partial charge in [-0.1, -0.05) is 31.2 Å². The van der Waals surface area contributed by atoms with Gasteiger partial charge in [-0.05, 0) is 37.3 Å². The van der Waals surface area contributed by atoms with Crippen LogP contribution in [0.4, 0.5) is 9.93 Å². The maximum absolute atomic E-state index is 12.1. The Balaban J connectivity index is 1.58. The van der Waals surface area contributed by atoms with Crippen molar-refractivity contribution in [1.82, 2.24) is 10.3 Å². The number of rotatable bonds is 3. The SMILES string of the molecule is CCc1nc(NC(=O)NC2Cc3ccccc3C2)sc1C. The second-order valence-electron chi connectivity index (χ2n) is 5.35. The zero-order valence-corrected chi connectivity index (χ0v) is 13.1. The molecule has 0 aliphatic heterocycles. The second-order valence-corrected chi connectivity index (χ2v) is 6.55. The molecule has 2 N–H and O–H groups in total. The number of nitrogens with one attached hydrogen (secondary N) is 2. The molecule has 1 aromatic carbocycles. The Morgan fingerprint density at radius 3 is 2.57 bits per heavy atom. The number of anilines is 1. The minimum Gasteiger partial charge on any atom is -0.334 e. The van der Waals surface area contributed by atoms with Crippen LogP contribution in [0, 0.1) is 6.92 Å². The number of hydrogen-bond acceptors (Lipinski definition) is 3. The first-order chi connectivity index (χ1) is 10.2. The van der Waals surface area contributed by atoms with Crippen LogP contribution < -0.4 is 10.6 Å². The number of carbonyl (C=O) groups is 1. The molecule has 1 heterocycles. The number of amides is 2. The third kappa shape index (κ3) is 3.08. The number of fused-ring (bicyclic) bond motifs is 1. The lowest BCUT2D eigenvalue weighted by Crippen LogP contribution is -2.38. The number of urea groups is 1. The summed E-state index contributed by atoms with van der Waals surface area (Å²) in [4.78, 5) is 17.7. The van der Waals surface area contributed by atoms with Crippen LogP contribution in [0.1, 0.15) is 28.6 Å². The summed E-state index contributed by atoms with van der Waals surface area (Å²) in [5, 5.41) is 6.56. The predicted molar refractivity (Wildman–Crippen MR) is 86.0 cm³/mol.